The van der Waals surface area contributed by atoms with Crippen LogP contribution >= 0.6 is 11.3 Å². The number of aromatic nitrogens is 5. The largest absolute Gasteiger partial charge is 0.481 e. The van der Waals surface area contributed by atoms with Crippen molar-refractivity contribution >= 4 is 49.3 Å². The smallest absolute Gasteiger partial charge is 0.277 e. The lowest BCUT2D eigenvalue weighted by atomic mass is 10.2. The average Bonchev–Trinajstić information content (AvgIpc) is 3.42. The molecule has 1 fully saturated rings. The summed E-state index contributed by atoms with van der Waals surface area (Å²) in [6.07, 6.45) is 3.82. The van der Waals surface area contributed by atoms with Crippen LogP contribution in [0.5, 0.6) is 5.88 Å². The van der Waals surface area contributed by atoms with Gasteiger partial charge >= 0.3 is 0 Å². The minimum atomic E-state index is -4.09. The van der Waals surface area contributed by atoms with Crippen molar-refractivity contribution in [1.82, 2.24) is 30.4 Å². The first-order valence-corrected chi connectivity index (χ1v) is 13.5. The van der Waals surface area contributed by atoms with Crippen LogP contribution < -0.4 is 19.4 Å². The molecular weight excluding hydrogens is 536 g/mol. The van der Waals surface area contributed by atoms with E-state index >= 15 is 0 Å². The Morgan fingerprint density at radius 1 is 1.16 bits per heavy atom. The Morgan fingerprint density at radius 2 is 1.89 bits per heavy atom. The first-order valence-electron chi connectivity index (χ1n) is 11.2. The zero-order chi connectivity index (χ0) is 26.9. The number of rotatable bonds is 7. The van der Waals surface area contributed by atoms with Gasteiger partial charge in [0.15, 0.2) is 11.6 Å². The van der Waals surface area contributed by atoms with Crippen molar-refractivity contribution in [3.8, 4) is 17.3 Å². The summed E-state index contributed by atoms with van der Waals surface area (Å²) in [5.74, 6) is 0.478. The summed E-state index contributed by atoms with van der Waals surface area (Å²) in [6, 6.07) is 4.97. The third-order valence-electron chi connectivity index (χ3n) is 5.74. The van der Waals surface area contributed by atoms with Crippen molar-refractivity contribution < 1.29 is 27.9 Å². The highest BCUT2D eigenvalue weighted by atomic mass is 32.2. The van der Waals surface area contributed by atoms with Gasteiger partial charge in [0.05, 0.1) is 36.1 Å². The standard InChI is InChI=1S/C22H22N8O6S2/c1-29(22-24-11-14(12-25-22)21(31)28-32)38(33,34)17-9-15-18(37-17)20(30-5-7-36-8-6-30)27-19(26-15)13-3-4-16(35-2)23-10-13/h3-4,9-12,32H,5-8H2,1-2H3,(H,28,31). The van der Waals surface area contributed by atoms with E-state index in [0.717, 1.165) is 28.0 Å². The summed E-state index contributed by atoms with van der Waals surface area (Å²) in [5.41, 5.74) is 2.55. The lowest BCUT2D eigenvalue weighted by Gasteiger charge is -2.28. The van der Waals surface area contributed by atoms with Crippen molar-refractivity contribution in [3.63, 3.8) is 0 Å². The van der Waals surface area contributed by atoms with Gasteiger partial charge in [-0.3, -0.25) is 10.0 Å². The maximum atomic E-state index is 13.5. The number of thiophene rings is 1. The van der Waals surface area contributed by atoms with Crippen molar-refractivity contribution in [3.05, 3.63) is 42.4 Å². The molecule has 0 aromatic carbocycles. The third kappa shape index (κ3) is 4.81. The van der Waals surface area contributed by atoms with Gasteiger partial charge in [-0.05, 0) is 12.1 Å². The zero-order valence-corrected chi connectivity index (χ0v) is 21.9. The molecule has 38 heavy (non-hydrogen) atoms. The number of nitrogens with one attached hydrogen (secondary N) is 1. The quantitative estimate of drug-likeness (QED) is 0.246. The topological polar surface area (TPSA) is 173 Å². The van der Waals surface area contributed by atoms with E-state index in [9.17, 15) is 13.2 Å². The maximum absolute atomic E-state index is 13.5. The number of hydrogen-bond donors (Lipinski definition) is 2. The Bertz CT molecular complexity index is 1570. The molecule has 14 nitrogen and oxygen atoms in total. The molecule has 0 aliphatic carbocycles. The second-order valence-electron chi connectivity index (χ2n) is 8.02. The summed E-state index contributed by atoms with van der Waals surface area (Å²) in [4.78, 5) is 35.1. The molecule has 0 unspecified atom stereocenters. The van der Waals surface area contributed by atoms with Gasteiger partial charge in [-0.2, -0.15) is 0 Å². The number of nitrogens with zero attached hydrogens (tertiary/aromatic N) is 7. The van der Waals surface area contributed by atoms with Crippen molar-refractivity contribution in [1.29, 1.82) is 0 Å². The fourth-order valence-electron chi connectivity index (χ4n) is 3.68. The molecule has 1 aliphatic rings. The number of fused-ring (bicyclic) bond motifs is 1. The molecule has 5 rings (SSSR count). The van der Waals surface area contributed by atoms with Gasteiger partial charge in [0.25, 0.3) is 15.9 Å². The predicted octanol–water partition coefficient (Wildman–Crippen LogP) is 1.33. The first kappa shape index (κ1) is 25.7. The van der Waals surface area contributed by atoms with Crippen LogP contribution in [0.15, 0.2) is 41.0 Å². The molecule has 198 valence electrons. The Labute approximate surface area is 220 Å². The van der Waals surface area contributed by atoms with Crippen LogP contribution in [0.4, 0.5) is 11.8 Å². The number of methoxy groups -OCH3 is 1. The normalized spacial score (nSPS) is 13.9. The first-order chi connectivity index (χ1) is 18.3. The highest BCUT2D eigenvalue weighted by molar-refractivity contribution is 7.94. The number of hydroxylamine groups is 1. The molecule has 0 radical (unpaired) electrons. The number of carbonyl (C=O) groups is 1. The van der Waals surface area contributed by atoms with Crippen LogP contribution in [0.1, 0.15) is 10.4 Å². The Kier molecular flexibility index (Phi) is 7.02. The van der Waals surface area contributed by atoms with Crippen LogP contribution in [0, 0.1) is 0 Å². The molecule has 0 spiro atoms. The number of hydrogen-bond acceptors (Lipinski definition) is 13. The third-order valence-corrected chi connectivity index (χ3v) is 9.05. The number of anilines is 2. The van der Waals surface area contributed by atoms with E-state index in [1.165, 1.54) is 25.7 Å². The average molecular weight is 559 g/mol. The summed E-state index contributed by atoms with van der Waals surface area (Å²) >= 11 is 1.04. The van der Waals surface area contributed by atoms with Gasteiger partial charge in [-0.15, -0.1) is 11.3 Å². The van der Waals surface area contributed by atoms with Gasteiger partial charge in [0.1, 0.15) is 4.21 Å². The number of amides is 1. The second-order valence-corrected chi connectivity index (χ2v) is 11.3. The number of sulfonamides is 1. The van der Waals surface area contributed by atoms with Gasteiger partial charge in [-0.1, -0.05) is 0 Å². The van der Waals surface area contributed by atoms with E-state index in [1.807, 2.05) is 4.90 Å². The lowest BCUT2D eigenvalue weighted by Crippen LogP contribution is -2.36. The highest BCUT2D eigenvalue weighted by Crippen LogP contribution is 2.37. The molecule has 0 saturated carbocycles. The van der Waals surface area contributed by atoms with Crippen LogP contribution in [0.25, 0.3) is 21.6 Å². The molecule has 1 saturated heterocycles. The molecule has 4 aromatic heterocycles. The van der Waals surface area contributed by atoms with Gasteiger partial charge in [0, 0.05) is 50.4 Å². The molecule has 0 atom stereocenters. The Balaban J connectivity index is 1.57. The van der Waals surface area contributed by atoms with Crippen LogP contribution in [0.3, 0.4) is 0 Å². The molecular formula is C22H22N8O6S2. The maximum Gasteiger partial charge on any atom is 0.277 e. The highest BCUT2D eigenvalue weighted by Gasteiger charge is 2.29. The molecule has 16 heteroatoms. The van der Waals surface area contributed by atoms with E-state index in [2.05, 4.69) is 19.9 Å². The van der Waals surface area contributed by atoms with Crippen LogP contribution in [-0.2, 0) is 14.8 Å². The number of pyridine rings is 1. The van der Waals surface area contributed by atoms with Gasteiger partial charge in [-0.25, -0.2) is 43.1 Å². The van der Waals surface area contributed by atoms with Crippen molar-refractivity contribution in [2.24, 2.45) is 0 Å². The number of morpholine rings is 1. The molecule has 5 heterocycles. The van der Waals surface area contributed by atoms with E-state index in [4.69, 9.17) is 19.7 Å². The van der Waals surface area contributed by atoms with E-state index in [0.29, 0.717) is 59.6 Å². The Morgan fingerprint density at radius 3 is 2.53 bits per heavy atom. The fraction of sp³-hybridized carbons (Fsp3) is 0.273. The summed E-state index contributed by atoms with van der Waals surface area (Å²) < 4.78 is 39.2. The van der Waals surface area contributed by atoms with Gasteiger partial charge in [0.2, 0.25) is 11.8 Å². The molecule has 0 bridgehead atoms. The van der Waals surface area contributed by atoms with Crippen molar-refractivity contribution in [2.45, 2.75) is 4.21 Å². The summed E-state index contributed by atoms with van der Waals surface area (Å²) in [5, 5.41) is 8.76. The zero-order valence-electron chi connectivity index (χ0n) is 20.2. The number of ether oxygens (including phenoxy) is 2. The minimum absolute atomic E-state index is 0.0181. The second kappa shape index (κ2) is 10.4. The van der Waals surface area contributed by atoms with E-state index in [-0.39, 0.29) is 15.7 Å². The summed E-state index contributed by atoms with van der Waals surface area (Å²) in [6.45, 7) is 2.22. The molecule has 1 amide bonds. The van der Waals surface area contributed by atoms with Gasteiger partial charge < -0.3 is 14.4 Å². The van der Waals surface area contributed by atoms with Crippen molar-refractivity contribution in [2.75, 3.05) is 49.7 Å². The molecule has 4 aromatic rings. The molecule has 1 aliphatic heterocycles. The van der Waals surface area contributed by atoms with Crippen LogP contribution in [0.2, 0.25) is 0 Å². The van der Waals surface area contributed by atoms with Crippen LogP contribution in [-0.4, -0.2) is 84.9 Å². The lowest BCUT2D eigenvalue weighted by molar-refractivity contribution is 0.0705. The SMILES string of the molecule is COc1ccc(-c2nc(N3CCOCC3)c3sc(S(=O)(=O)N(C)c4ncc(C(=O)NO)cn4)cc3n2)cn1. The monoisotopic (exact) mass is 558 g/mol. The summed E-state index contributed by atoms with van der Waals surface area (Å²) in [7, 11) is -1.26. The Hall–Kier alpha value is -3.99. The minimum Gasteiger partial charge on any atom is -0.481 e. The van der Waals surface area contributed by atoms with E-state index in [1.54, 1.807) is 18.3 Å². The fourth-order valence-corrected chi connectivity index (χ4v) is 6.37. The molecule has 2 N–H and O–H groups in total. The predicted molar refractivity (Wildman–Crippen MR) is 137 cm³/mol. The number of carbonyl (C=O) groups excluding carboxylic acids is 1. The van der Waals surface area contributed by atoms with E-state index < -0.39 is 15.9 Å².